The van der Waals surface area contributed by atoms with E-state index in [1.807, 2.05) is 63.7 Å². The second-order valence-corrected chi connectivity index (χ2v) is 15.1. The number of aryl methyl sites for hydroxylation is 2. The molecular weight excluding hydrogens is 713 g/mol. The quantitative estimate of drug-likeness (QED) is 0.115. The summed E-state index contributed by atoms with van der Waals surface area (Å²) in [5.41, 5.74) is 3.54. The molecule has 0 bridgehead atoms. The van der Waals surface area contributed by atoms with Gasteiger partial charge in [-0.3, -0.25) is 9.58 Å². The van der Waals surface area contributed by atoms with Gasteiger partial charge in [-0.2, -0.15) is 5.10 Å². The molecule has 1 fully saturated rings. The molecule has 0 spiro atoms. The number of halogens is 2. The minimum atomic E-state index is -1.09. The fourth-order valence-electron chi connectivity index (χ4n) is 7.36. The van der Waals surface area contributed by atoms with Crippen molar-refractivity contribution >= 4 is 45.3 Å². The van der Waals surface area contributed by atoms with Crippen molar-refractivity contribution in [2.45, 2.75) is 65.0 Å². The summed E-state index contributed by atoms with van der Waals surface area (Å²) in [5.74, 6) is -0.771. The van der Waals surface area contributed by atoms with Gasteiger partial charge in [0, 0.05) is 61.3 Å². The summed E-state index contributed by atoms with van der Waals surface area (Å²) >= 11 is 7.10. The van der Waals surface area contributed by atoms with Crippen LogP contribution in [0, 0.1) is 5.82 Å². The topological polar surface area (TPSA) is 122 Å². The van der Waals surface area contributed by atoms with Crippen molar-refractivity contribution in [3.05, 3.63) is 82.0 Å². The monoisotopic (exact) mass is 761 g/mol. The number of H-pyrrole nitrogens is 1. The van der Waals surface area contributed by atoms with Crippen LogP contribution in [0.4, 0.5) is 9.18 Å². The third-order valence-corrected chi connectivity index (χ3v) is 10.3. The zero-order chi connectivity index (χ0) is 38.7. The number of aromatic nitrogens is 3. The maximum atomic E-state index is 13.8. The van der Waals surface area contributed by atoms with Gasteiger partial charge < -0.3 is 29.2 Å². The van der Waals surface area contributed by atoms with Crippen LogP contribution in [0.1, 0.15) is 74.0 Å². The number of carbonyl (C=O) groups is 2. The number of benzene rings is 3. The normalized spacial score (nSPS) is 14.4. The highest BCUT2D eigenvalue weighted by atomic mass is 35.5. The third kappa shape index (κ3) is 8.35. The van der Waals surface area contributed by atoms with E-state index in [-0.39, 0.29) is 11.5 Å². The first-order valence-electron chi connectivity index (χ1n) is 18.5. The van der Waals surface area contributed by atoms with E-state index >= 15 is 0 Å². The summed E-state index contributed by atoms with van der Waals surface area (Å²) in [6, 6.07) is 13.2. The summed E-state index contributed by atoms with van der Waals surface area (Å²) in [4.78, 5) is 33.6. The third-order valence-electron chi connectivity index (χ3n) is 9.94. The molecule has 0 saturated carbocycles. The molecule has 2 aromatic heterocycles. The van der Waals surface area contributed by atoms with Gasteiger partial charge in [-0.25, -0.2) is 14.0 Å². The lowest BCUT2D eigenvalue weighted by atomic mass is 9.93. The van der Waals surface area contributed by atoms with E-state index in [0.29, 0.717) is 85.2 Å². The van der Waals surface area contributed by atoms with E-state index in [4.69, 9.17) is 30.9 Å². The second-order valence-electron chi connectivity index (χ2n) is 14.7. The van der Waals surface area contributed by atoms with Crippen molar-refractivity contribution < 1.29 is 33.3 Å². The number of aromatic carboxylic acids is 1. The molecule has 288 valence electrons. The van der Waals surface area contributed by atoms with Gasteiger partial charge in [-0.05, 0) is 87.7 Å². The number of nitrogens with zero attached hydrogens (tertiary/aromatic N) is 4. The Hall–Kier alpha value is -4.65. The Bertz CT molecular complexity index is 2150. The molecule has 54 heavy (non-hydrogen) atoms. The number of aromatic amines is 1. The lowest BCUT2D eigenvalue weighted by Gasteiger charge is -2.33. The number of amides is 1. The van der Waals surface area contributed by atoms with E-state index in [1.165, 1.54) is 12.1 Å². The van der Waals surface area contributed by atoms with Gasteiger partial charge in [0.05, 0.1) is 42.1 Å². The van der Waals surface area contributed by atoms with E-state index < -0.39 is 23.7 Å². The molecule has 13 heteroatoms. The first kappa shape index (κ1) is 39.1. The number of morpholine rings is 1. The number of ether oxygens (including phenoxy) is 3. The predicted molar refractivity (Wildman–Crippen MR) is 208 cm³/mol. The van der Waals surface area contributed by atoms with Crippen molar-refractivity contribution in [1.29, 1.82) is 0 Å². The summed E-state index contributed by atoms with van der Waals surface area (Å²) < 4.78 is 33.2. The average Bonchev–Trinajstić information content (AvgIpc) is 3.66. The zero-order valence-corrected chi connectivity index (χ0v) is 32.6. The van der Waals surface area contributed by atoms with Gasteiger partial charge in [0.2, 0.25) is 0 Å². The van der Waals surface area contributed by atoms with E-state index in [1.54, 1.807) is 24.1 Å². The van der Waals surface area contributed by atoms with Crippen LogP contribution >= 0.6 is 11.6 Å². The maximum absolute atomic E-state index is 13.8. The van der Waals surface area contributed by atoms with Crippen molar-refractivity contribution in [3.63, 3.8) is 0 Å². The van der Waals surface area contributed by atoms with Gasteiger partial charge >= 0.3 is 12.1 Å². The van der Waals surface area contributed by atoms with Crippen molar-refractivity contribution in [1.82, 2.24) is 24.6 Å². The molecule has 6 rings (SSSR count). The van der Waals surface area contributed by atoms with Gasteiger partial charge in [-0.15, -0.1) is 0 Å². The fourth-order valence-corrected chi connectivity index (χ4v) is 7.61. The molecule has 1 saturated heterocycles. The van der Waals surface area contributed by atoms with Crippen LogP contribution in [0.2, 0.25) is 5.02 Å². The first-order valence-corrected chi connectivity index (χ1v) is 18.8. The molecule has 11 nitrogen and oxygen atoms in total. The minimum Gasteiger partial charge on any atom is -0.493 e. The highest BCUT2D eigenvalue weighted by Crippen LogP contribution is 2.44. The summed E-state index contributed by atoms with van der Waals surface area (Å²) in [6.07, 6.45) is 1.63. The molecular formula is C41H49ClFN5O6. The van der Waals surface area contributed by atoms with Crippen LogP contribution in [-0.4, -0.2) is 93.8 Å². The number of hydrogen-bond donors (Lipinski definition) is 2. The van der Waals surface area contributed by atoms with Gasteiger partial charge in [0.1, 0.15) is 22.9 Å². The lowest BCUT2D eigenvalue weighted by Crippen LogP contribution is -2.41. The zero-order valence-electron chi connectivity index (χ0n) is 31.8. The molecule has 2 N–H and O–H groups in total. The smallest absolute Gasteiger partial charge is 0.410 e. The lowest BCUT2D eigenvalue weighted by molar-refractivity contribution is 0.0148. The van der Waals surface area contributed by atoms with Crippen LogP contribution in [0.25, 0.3) is 32.8 Å². The highest BCUT2D eigenvalue weighted by molar-refractivity contribution is 6.35. The Labute approximate surface area is 319 Å². The number of rotatable bonds is 13. The Kier molecular flexibility index (Phi) is 11.8. The molecule has 0 aliphatic carbocycles. The second kappa shape index (κ2) is 16.4. The molecule has 1 amide bonds. The summed E-state index contributed by atoms with van der Waals surface area (Å²) in [7, 11) is 3.61. The van der Waals surface area contributed by atoms with E-state index in [9.17, 15) is 19.1 Å². The Balaban J connectivity index is 1.38. The minimum absolute atomic E-state index is 0.0763. The number of carboxylic acid groups (broad SMARTS) is 1. The fraction of sp³-hybridized carbons (Fsp3) is 0.439. The Morgan fingerprint density at radius 3 is 2.56 bits per heavy atom. The summed E-state index contributed by atoms with van der Waals surface area (Å²) in [6.45, 7) is 11.4. The van der Waals surface area contributed by atoms with Crippen LogP contribution in [0.3, 0.4) is 0 Å². The van der Waals surface area contributed by atoms with Crippen molar-refractivity contribution in [3.8, 4) is 16.9 Å². The maximum Gasteiger partial charge on any atom is 0.410 e. The Morgan fingerprint density at radius 2 is 1.85 bits per heavy atom. The van der Waals surface area contributed by atoms with Gasteiger partial charge in [0.25, 0.3) is 0 Å². The standard InChI is InChI=1S/C41H49ClFN5O6/c1-7-31-35(38(45-47(31)6)32(17-18-48-19-22-52-23-20-48)46(5)40(51)54-41(2,3)4)34-30(42)16-15-29-28(37(39(49)50)44-36(29)34)11-9-21-53-33-12-8-10-25-24-26(43)13-14-27(25)33/h8,10,12-16,24,32,44H,7,9,11,17-23H2,1-6H3,(H,49,50). The number of hydrogen-bond acceptors (Lipinski definition) is 7. The Morgan fingerprint density at radius 1 is 1.11 bits per heavy atom. The van der Waals surface area contributed by atoms with E-state index in [0.717, 1.165) is 40.5 Å². The number of nitrogens with one attached hydrogen (secondary N) is 1. The SMILES string of the molecule is CCc1c(-c2c(Cl)ccc3c(CCCOc4cccc5cc(F)ccc45)c(C(=O)O)[nH]c23)c(C(CCN2CCOCC2)N(C)C(=O)OC(C)(C)C)nn1C. The molecule has 0 radical (unpaired) electrons. The first-order chi connectivity index (χ1) is 25.8. The van der Waals surface area contributed by atoms with Gasteiger partial charge in [-0.1, -0.05) is 36.7 Å². The van der Waals surface area contributed by atoms with Crippen molar-refractivity contribution in [2.75, 3.05) is 46.5 Å². The molecule has 3 aromatic carbocycles. The van der Waals surface area contributed by atoms with E-state index in [2.05, 4.69) is 9.88 Å². The molecule has 1 aliphatic rings. The summed E-state index contributed by atoms with van der Waals surface area (Å²) in [5, 5.41) is 18.2. The van der Waals surface area contributed by atoms with Crippen LogP contribution in [-0.2, 0) is 29.4 Å². The molecule has 1 unspecified atom stereocenters. The van der Waals surface area contributed by atoms with Crippen LogP contribution in [0.15, 0.2) is 48.5 Å². The van der Waals surface area contributed by atoms with Gasteiger partial charge in [0.15, 0.2) is 0 Å². The number of carboxylic acids is 1. The van der Waals surface area contributed by atoms with Crippen LogP contribution < -0.4 is 4.74 Å². The number of carbonyl (C=O) groups excluding carboxylic acids is 1. The molecule has 1 aliphatic heterocycles. The molecule has 5 aromatic rings. The van der Waals surface area contributed by atoms with Crippen molar-refractivity contribution in [2.24, 2.45) is 7.05 Å². The molecule has 3 heterocycles. The number of fused-ring (bicyclic) bond motifs is 2. The molecule has 1 atom stereocenters. The highest BCUT2D eigenvalue weighted by Gasteiger charge is 2.34. The average molecular weight is 762 g/mol. The van der Waals surface area contributed by atoms with Crippen LogP contribution in [0.5, 0.6) is 5.75 Å². The largest absolute Gasteiger partial charge is 0.493 e. The predicted octanol–water partition coefficient (Wildman–Crippen LogP) is 8.42.